The van der Waals surface area contributed by atoms with Crippen LogP contribution in [-0.4, -0.2) is 23.0 Å². The fourth-order valence-corrected chi connectivity index (χ4v) is 3.81. The Morgan fingerprint density at radius 3 is 2.04 bits per heavy atom. The first-order valence-electron chi connectivity index (χ1n) is 10.1. The molecule has 0 aliphatic carbocycles. The minimum atomic E-state index is 0.0641. The zero-order valence-corrected chi connectivity index (χ0v) is 18.5. The highest BCUT2D eigenvalue weighted by Gasteiger charge is 2.28. The molecule has 148 valence electrons. The monoisotopic (exact) mass is 366 g/mol. The molecule has 0 aromatic heterocycles. The van der Waals surface area contributed by atoms with Gasteiger partial charge in [-0.2, -0.15) is 0 Å². The molecule has 0 saturated carbocycles. The minimum Gasteiger partial charge on any atom is -0.306 e. The zero-order valence-electron chi connectivity index (χ0n) is 18.5. The smallest absolute Gasteiger partial charge is 0.0322 e. The van der Waals surface area contributed by atoms with Crippen molar-refractivity contribution in [2.24, 2.45) is 0 Å². The SMILES string of the molecule is CC(NC(C)(C)C)c1cccc(CC(C)(C)N(C)C(C)c2ccccc2)c1. The summed E-state index contributed by atoms with van der Waals surface area (Å²) in [6, 6.07) is 20.6. The van der Waals surface area contributed by atoms with Crippen molar-refractivity contribution in [3.63, 3.8) is 0 Å². The largest absolute Gasteiger partial charge is 0.306 e. The second kappa shape index (κ2) is 8.58. The lowest BCUT2D eigenvalue weighted by atomic mass is 9.89. The lowest BCUT2D eigenvalue weighted by Crippen LogP contribution is -2.44. The van der Waals surface area contributed by atoms with E-state index in [0.717, 1.165) is 6.42 Å². The topological polar surface area (TPSA) is 15.3 Å². The van der Waals surface area contributed by atoms with Crippen LogP contribution in [0.4, 0.5) is 0 Å². The highest BCUT2D eigenvalue weighted by Crippen LogP contribution is 2.29. The third-order valence-electron chi connectivity index (χ3n) is 5.56. The van der Waals surface area contributed by atoms with Gasteiger partial charge in [-0.15, -0.1) is 0 Å². The summed E-state index contributed by atoms with van der Waals surface area (Å²) in [5.41, 5.74) is 4.29. The van der Waals surface area contributed by atoms with Crippen LogP contribution in [0, 0.1) is 0 Å². The summed E-state index contributed by atoms with van der Waals surface area (Å²) in [5, 5.41) is 3.68. The van der Waals surface area contributed by atoms with Crippen LogP contribution in [0.5, 0.6) is 0 Å². The van der Waals surface area contributed by atoms with Crippen LogP contribution in [-0.2, 0) is 6.42 Å². The van der Waals surface area contributed by atoms with Gasteiger partial charge in [-0.1, -0.05) is 54.6 Å². The molecule has 0 amide bonds. The van der Waals surface area contributed by atoms with E-state index in [0.29, 0.717) is 12.1 Å². The van der Waals surface area contributed by atoms with Gasteiger partial charge in [-0.3, -0.25) is 4.90 Å². The Kier molecular flexibility index (Phi) is 6.88. The molecule has 2 rings (SSSR count). The van der Waals surface area contributed by atoms with Gasteiger partial charge in [0.15, 0.2) is 0 Å². The van der Waals surface area contributed by atoms with Crippen LogP contribution < -0.4 is 5.32 Å². The van der Waals surface area contributed by atoms with E-state index in [4.69, 9.17) is 0 Å². The molecule has 0 bridgehead atoms. The average Bonchev–Trinajstić information content (AvgIpc) is 2.59. The van der Waals surface area contributed by atoms with Crippen molar-refractivity contribution in [1.82, 2.24) is 10.2 Å². The van der Waals surface area contributed by atoms with Gasteiger partial charge in [-0.25, -0.2) is 0 Å². The Balaban J connectivity index is 2.14. The number of rotatable bonds is 7. The predicted octanol–water partition coefficient (Wildman–Crippen LogP) is 6.15. The summed E-state index contributed by atoms with van der Waals surface area (Å²) < 4.78 is 0. The first-order valence-corrected chi connectivity index (χ1v) is 10.1. The van der Waals surface area contributed by atoms with Crippen LogP contribution in [0.3, 0.4) is 0 Å². The first kappa shape index (κ1) is 21.7. The van der Waals surface area contributed by atoms with E-state index in [1.165, 1.54) is 16.7 Å². The third kappa shape index (κ3) is 6.19. The average molecular weight is 367 g/mol. The van der Waals surface area contributed by atoms with E-state index in [9.17, 15) is 0 Å². The maximum absolute atomic E-state index is 3.68. The normalized spacial score (nSPS) is 15.0. The second-order valence-electron chi connectivity index (χ2n) is 9.55. The molecule has 2 aromatic carbocycles. The molecule has 2 atom stereocenters. The molecule has 1 N–H and O–H groups in total. The molecule has 2 heteroatoms. The van der Waals surface area contributed by atoms with Crippen LogP contribution >= 0.6 is 0 Å². The maximum atomic E-state index is 3.68. The van der Waals surface area contributed by atoms with Gasteiger partial charge in [0.25, 0.3) is 0 Å². The van der Waals surface area contributed by atoms with Crippen LogP contribution in [0.2, 0.25) is 0 Å². The van der Waals surface area contributed by atoms with Crippen molar-refractivity contribution in [1.29, 1.82) is 0 Å². The van der Waals surface area contributed by atoms with Gasteiger partial charge in [0, 0.05) is 23.2 Å². The molecule has 27 heavy (non-hydrogen) atoms. The molecule has 2 nitrogen and oxygen atoms in total. The Bertz CT molecular complexity index is 713. The van der Waals surface area contributed by atoms with Crippen molar-refractivity contribution in [2.45, 2.75) is 78.0 Å². The molecule has 0 saturated heterocycles. The fourth-order valence-electron chi connectivity index (χ4n) is 3.81. The van der Waals surface area contributed by atoms with E-state index < -0.39 is 0 Å². The molecule has 0 heterocycles. The summed E-state index contributed by atoms with van der Waals surface area (Å²) in [6.45, 7) is 15.9. The molecule has 0 radical (unpaired) electrons. The quantitative estimate of drug-likeness (QED) is 0.632. The summed E-state index contributed by atoms with van der Waals surface area (Å²) in [6.07, 6.45) is 1.02. The standard InChI is InChI=1S/C25H38N2/c1-19(26-24(3,4)5)23-16-12-13-21(17-23)18-25(6,7)27(8)20(2)22-14-10-9-11-15-22/h9-17,19-20,26H,18H2,1-8H3. The summed E-state index contributed by atoms with van der Waals surface area (Å²) in [5.74, 6) is 0. The highest BCUT2D eigenvalue weighted by atomic mass is 15.2. The third-order valence-corrected chi connectivity index (χ3v) is 5.56. The highest BCUT2D eigenvalue weighted by molar-refractivity contribution is 5.28. The summed E-state index contributed by atoms with van der Waals surface area (Å²) in [4.78, 5) is 2.49. The van der Waals surface area contributed by atoms with Gasteiger partial charge in [0.2, 0.25) is 0 Å². The lowest BCUT2D eigenvalue weighted by Gasteiger charge is -2.40. The van der Waals surface area contributed by atoms with Crippen molar-refractivity contribution < 1.29 is 0 Å². The Morgan fingerprint density at radius 2 is 1.44 bits per heavy atom. The number of nitrogens with zero attached hydrogens (tertiary/aromatic N) is 1. The van der Waals surface area contributed by atoms with Crippen molar-refractivity contribution in [3.05, 3.63) is 71.3 Å². The van der Waals surface area contributed by atoms with E-state index in [2.05, 4.69) is 120 Å². The number of benzene rings is 2. The van der Waals surface area contributed by atoms with E-state index in [-0.39, 0.29) is 11.1 Å². The van der Waals surface area contributed by atoms with Crippen molar-refractivity contribution in [3.8, 4) is 0 Å². The Hall–Kier alpha value is -1.64. The molecule has 0 fully saturated rings. The van der Waals surface area contributed by atoms with Crippen molar-refractivity contribution in [2.75, 3.05) is 7.05 Å². The Morgan fingerprint density at radius 1 is 0.852 bits per heavy atom. The lowest BCUT2D eigenvalue weighted by molar-refractivity contribution is 0.110. The summed E-state index contributed by atoms with van der Waals surface area (Å²) >= 11 is 0. The first-order chi connectivity index (χ1) is 12.5. The van der Waals surface area contributed by atoms with Crippen molar-refractivity contribution >= 4 is 0 Å². The molecule has 0 aliphatic heterocycles. The van der Waals surface area contributed by atoms with E-state index in [1.54, 1.807) is 0 Å². The molecule has 2 aromatic rings. The molecule has 0 aliphatic rings. The van der Waals surface area contributed by atoms with Gasteiger partial charge < -0.3 is 5.32 Å². The van der Waals surface area contributed by atoms with E-state index in [1.807, 2.05) is 0 Å². The number of hydrogen-bond donors (Lipinski definition) is 1. The van der Waals surface area contributed by atoms with Gasteiger partial charge in [0.1, 0.15) is 0 Å². The second-order valence-corrected chi connectivity index (χ2v) is 9.55. The number of nitrogens with one attached hydrogen (secondary N) is 1. The zero-order chi connectivity index (χ0) is 20.2. The predicted molar refractivity (Wildman–Crippen MR) is 118 cm³/mol. The maximum Gasteiger partial charge on any atom is 0.0322 e. The molecule has 0 spiro atoms. The number of likely N-dealkylation sites (N-methyl/N-ethyl adjacent to an activating group) is 1. The van der Waals surface area contributed by atoms with Gasteiger partial charge in [-0.05, 0) is 78.6 Å². The Labute approximate surface area is 167 Å². The van der Waals surface area contributed by atoms with Crippen LogP contribution in [0.25, 0.3) is 0 Å². The van der Waals surface area contributed by atoms with Gasteiger partial charge in [0.05, 0.1) is 0 Å². The van der Waals surface area contributed by atoms with Gasteiger partial charge >= 0.3 is 0 Å². The fraction of sp³-hybridized carbons (Fsp3) is 0.520. The summed E-state index contributed by atoms with van der Waals surface area (Å²) in [7, 11) is 2.24. The molecule has 2 unspecified atom stereocenters. The minimum absolute atomic E-state index is 0.0641. The van der Waals surface area contributed by atoms with Crippen LogP contribution in [0.15, 0.2) is 54.6 Å². The van der Waals surface area contributed by atoms with E-state index >= 15 is 0 Å². The molecular formula is C25H38N2. The van der Waals surface area contributed by atoms with Crippen LogP contribution in [0.1, 0.15) is 77.2 Å². The molecular weight excluding hydrogens is 328 g/mol. The number of hydrogen-bond acceptors (Lipinski definition) is 2.